The minimum absolute atomic E-state index is 0.0514. The molecule has 1 aliphatic carbocycles. The van der Waals surface area contributed by atoms with Gasteiger partial charge >= 0.3 is 6.61 Å². The van der Waals surface area contributed by atoms with Crippen molar-refractivity contribution in [1.29, 1.82) is 0 Å². The molecule has 0 bridgehead atoms. The van der Waals surface area contributed by atoms with E-state index in [2.05, 4.69) is 20.0 Å². The third-order valence-corrected chi connectivity index (χ3v) is 3.94. The highest BCUT2D eigenvalue weighted by molar-refractivity contribution is 5.59. The quantitative estimate of drug-likeness (QED) is 0.672. The van der Waals surface area contributed by atoms with Gasteiger partial charge in [0.1, 0.15) is 12.3 Å². The van der Waals surface area contributed by atoms with Crippen molar-refractivity contribution < 1.29 is 17.9 Å². The fourth-order valence-corrected chi connectivity index (χ4v) is 2.48. The standard InChI is InChI=1S/C17H14F2N4O3/c18-17(19)25-12-5-3-10(4-6-12)13-7-8-15(24)23(22-13)9-14-20-21-16(26-14)11-1-2-11/h3-8,11,17H,1-2,9H2. The molecule has 1 aromatic carbocycles. The summed E-state index contributed by atoms with van der Waals surface area (Å²) in [5.41, 5.74) is 0.859. The Hall–Kier alpha value is -3.10. The van der Waals surface area contributed by atoms with E-state index in [1.807, 2.05) is 0 Å². The summed E-state index contributed by atoms with van der Waals surface area (Å²) in [6.07, 6.45) is 2.08. The molecule has 2 aromatic heterocycles. The van der Waals surface area contributed by atoms with Crippen LogP contribution in [-0.4, -0.2) is 26.6 Å². The van der Waals surface area contributed by atoms with Gasteiger partial charge in [-0.25, -0.2) is 4.68 Å². The maximum absolute atomic E-state index is 12.2. The lowest BCUT2D eigenvalue weighted by atomic mass is 10.1. The van der Waals surface area contributed by atoms with E-state index in [-0.39, 0.29) is 17.9 Å². The Morgan fingerprint density at radius 1 is 1.15 bits per heavy atom. The Morgan fingerprint density at radius 3 is 2.62 bits per heavy atom. The summed E-state index contributed by atoms with van der Waals surface area (Å²) in [5, 5.41) is 12.2. The van der Waals surface area contributed by atoms with E-state index in [1.54, 1.807) is 18.2 Å². The van der Waals surface area contributed by atoms with Crippen molar-refractivity contribution in [3.8, 4) is 17.0 Å². The van der Waals surface area contributed by atoms with Crippen molar-refractivity contribution in [2.24, 2.45) is 0 Å². The second kappa shape index (κ2) is 6.66. The molecule has 134 valence electrons. The zero-order valence-electron chi connectivity index (χ0n) is 13.5. The molecule has 0 spiro atoms. The van der Waals surface area contributed by atoms with Gasteiger partial charge < -0.3 is 9.15 Å². The molecule has 1 fully saturated rings. The Balaban J connectivity index is 1.56. The molecule has 0 atom stereocenters. The van der Waals surface area contributed by atoms with Gasteiger partial charge in [0.25, 0.3) is 5.56 Å². The van der Waals surface area contributed by atoms with Crippen LogP contribution >= 0.6 is 0 Å². The van der Waals surface area contributed by atoms with Gasteiger partial charge in [-0.1, -0.05) is 0 Å². The number of rotatable bonds is 6. The summed E-state index contributed by atoms with van der Waals surface area (Å²) in [4.78, 5) is 12.0. The number of aromatic nitrogens is 4. The van der Waals surface area contributed by atoms with Crippen LogP contribution in [0, 0.1) is 0 Å². The Kier molecular flexibility index (Phi) is 4.19. The molecule has 0 saturated heterocycles. The van der Waals surface area contributed by atoms with Crippen LogP contribution < -0.4 is 10.3 Å². The van der Waals surface area contributed by atoms with Gasteiger partial charge in [-0.3, -0.25) is 4.79 Å². The third-order valence-electron chi connectivity index (χ3n) is 3.94. The minimum atomic E-state index is -2.88. The molecule has 0 N–H and O–H groups in total. The highest BCUT2D eigenvalue weighted by Gasteiger charge is 2.29. The van der Waals surface area contributed by atoms with Crippen LogP contribution in [0.25, 0.3) is 11.3 Å². The summed E-state index contributed by atoms with van der Waals surface area (Å²) < 4.78 is 35.5. The molecule has 0 unspecified atom stereocenters. The third kappa shape index (κ3) is 3.61. The summed E-state index contributed by atoms with van der Waals surface area (Å²) in [6, 6.07) is 8.95. The average molecular weight is 360 g/mol. The van der Waals surface area contributed by atoms with E-state index in [0.29, 0.717) is 29.0 Å². The summed E-state index contributed by atoms with van der Waals surface area (Å²) in [7, 11) is 0. The fourth-order valence-electron chi connectivity index (χ4n) is 2.48. The van der Waals surface area contributed by atoms with Gasteiger partial charge in [0.05, 0.1) is 5.69 Å². The van der Waals surface area contributed by atoms with Crippen molar-refractivity contribution in [1.82, 2.24) is 20.0 Å². The van der Waals surface area contributed by atoms with Crippen LogP contribution in [0.5, 0.6) is 5.75 Å². The van der Waals surface area contributed by atoms with Crippen LogP contribution in [0.15, 0.2) is 45.6 Å². The topological polar surface area (TPSA) is 83.0 Å². The van der Waals surface area contributed by atoms with E-state index in [9.17, 15) is 13.6 Å². The first-order valence-electron chi connectivity index (χ1n) is 8.04. The van der Waals surface area contributed by atoms with E-state index < -0.39 is 6.61 Å². The zero-order chi connectivity index (χ0) is 18.1. The largest absolute Gasteiger partial charge is 0.435 e. The Labute approximate surface area is 146 Å². The Morgan fingerprint density at radius 2 is 1.92 bits per heavy atom. The van der Waals surface area contributed by atoms with Gasteiger partial charge in [0.15, 0.2) is 0 Å². The summed E-state index contributed by atoms with van der Waals surface area (Å²) in [6.45, 7) is -2.81. The second-order valence-electron chi connectivity index (χ2n) is 5.93. The normalized spacial score (nSPS) is 14.0. The molecule has 0 amide bonds. The number of hydrogen-bond acceptors (Lipinski definition) is 6. The van der Waals surface area contributed by atoms with Gasteiger partial charge in [-0.05, 0) is 43.2 Å². The predicted octanol–water partition coefficient (Wildman–Crippen LogP) is 2.82. The van der Waals surface area contributed by atoms with Crippen molar-refractivity contribution in [3.63, 3.8) is 0 Å². The van der Waals surface area contributed by atoms with Crippen LogP contribution in [0.3, 0.4) is 0 Å². The fraction of sp³-hybridized carbons (Fsp3) is 0.294. The van der Waals surface area contributed by atoms with Crippen LogP contribution in [0.1, 0.15) is 30.5 Å². The predicted molar refractivity (Wildman–Crippen MR) is 85.9 cm³/mol. The van der Waals surface area contributed by atoms with E-state index >= 15 is 0 Å². The van der Waals surface area contributed by atoms with E-state index in [0.717, 1.165) is 12.8 Å². The maximum Gasteiger partial charge on any atom is 0.387 e. The molecule has 3 aromatic rings. The Bertz CT molecular complexity index is 965. The molecule has 26 heavy (non-hydrogen) atoms. The average Bonchev–Trinajstić information content (AvgIpc) is 3.37. The van der Waals surface area contributed by atoms with Gasteiger partial charge in [-0.15, -0.1) is 10.2 Å². The molecule has 4 rings (SSSR count). The van der Waals surface area contributed by atoms with Gasteiger partial charge in [0, 0.05) is 17.5 Å². The molecular formula is C17H14F2N4O3. The van der Waals surface area contributed by atoms with E-state index in [4.69, 9.17) is 4.42 Å². The first kappa shape index (κ1) is 16.4. The molecule has 2 heterocycles. The van der Waals surface area contributed by atoms with Gasteiger partial charge in [0.2, 0.25) is 11.8 Å². The number of hydrogen-bond donors (Lipinski definition) is 0. The number of alkyl halides is 2. The lowest BCUT2D eigenvalue weighted by molar-refractivity contribution is -0.0498. The zero-order valence-corrected chi connectivity index (χ0v) is 13.5. The molecule has 1 aliphatic rings. The highest BCUT2D eigenvalue weighted by atomic mass is 19.3. The molecule has 9 heteroatoms. The molecule has 0 radical (unpaired) electrons. The lowest BCUT2D eigenvalue weighted by Gasteiger charge is -2.07. The molecule has 7 nitrogen and oxygen atoms in total. The SMILES string of the molecule is O=c1ccc(-c2ccc(OC(F)F)cc2)nn1Cc1nnc(C2CC2)o1. The van der Waals surface area contributed by atoms with E-state index in [1.165, 1.54) is 22.9 Å². The maximum atomic E-state index is 12.2. The summed E-state index contributed by atoms with van der Waals surface area (Å²) in [5.74, 6) is 1.30. The first-order valence-corrected chi connectivity index (χ1v) is 8.04. The van der Waals surface area contributed by atoms with Crippen molar-refractivity contribution in [3.05, 3.63) is 58.5 Å². The van der Waals surface area contributed by atoms with Crippen LogP contribution in [0.2, 0.25) is 0 Å². The number of ether oxygens (including phenoxy) is 1. The molecule has 0 aliphatic heterocycles. The summed E-state index contributed by atoms with van der Waals surface area (Å²) >= 11 is 0. The van der Waals surface area contributed by atoms with Crippen molar-refractivity contribution in [2.75, 3.05) is 0 Å². The van der Waals surface area contributed by atoms with Crippen molar-refractivity contribution >= 4 is 0 Å². The number of halogens is 2. The lowest BCUT2D eigenvalue weighted by Crippen LogP contribution is -2.23. The van der Waals surface area contributed by atoms with Gasteiger partial charge in [-0.2, -0.15) is 13.9 Å². The van der Waals surface area contributed by atoms with Crippen LogP contribution in [-0.2, 0) is 6.54 Å². The van der Waals surface area contributed by atoms with Crippen molar-refractivity contribution in [2.45, 2.75) is 31.9 Å². The monoisotopic (exact) mass is 360 g/mol. The highest BCUT2D eigenvalue weighted by Crippen LogP contribution is 2.39. The first-order chi connectivity index (χ1) is 12.6. The van der Waals surface area contributed by atoms with Crippen LogP contribution in [0.4, 0.5) is 8.78 Å². The minimum Gasteiger partial charge on any atom is -0.435 e. The number of nitrogens with zero attached hydrogens (tertiary/aromatic N) is 4. The molecule has 1 saturated carbocycles. The smallest absolute Gasteiger partial charge is 0.387 e. The second-order valence-corrected chi connectivity index (χ2v) is 5.93. The molecular weight excluding hydrogens is 346 g/mol. The number of benzene rings is 1.